The predicted molar refractivity (Wildman–Crippen MR) is 125 cm³/mol. The molecule has 1 heterocycles. The minimum atomic E-state index is -0.988. The first kappa shape index (κ1) is 23.8. The van der Waals surface area contributed by atoms with Crippen molar-refractivity contribution in [2.24, 2.45) is 0 Å². The molecule has 7 heteroatoms. The Hall–Kier alpha value is -1.44. The Morgan fingerprint density at radius 3 is 2.34 bits per heavy atom. The van der Waals surface area contributed by atoms with Gasteiger partial charge in [0.05, 0.1) is 5.69 Å². The van der Waals surface area contributed by atoms with Gasteiger partial charge in [-0.05, 0) is 36.5 Å². The Morgan fingerprint density at radius 2 is 1.72 bits per heavy atom. The highest BCUT2D eigenvalue weighted by Gasteiger charge is 2.11. The number of hydrogen-bond acceptors (Lipinski definition) is 6. The van der Waals surface area contributed by atoms with Crippen LogP contribution in [-0.4, -0.2) is 63.7 Å². The van der Waals surface area contributed by atoms with Crippen molar-refractivity contribution >= 4 is 40.4 Å². The highest BCUT2D eigenvalue weighted by Crippen LogP contribution is 2.24. The fraction of sp³-hybridized carbons (Fsp3) is 0.545. The van der Waals surface area contributed by atoms with E-state index < -0.39 is 5.97 Å². The number of aliphatic carboxylic acids is 1. The van der Waals surface area contributed by atoms with Gasteiger partial charge in [-0.2, -0.15) is 23.5 Å². The second kappa shape index (κ2) is 13.7. The summed E-state index contributed by atoms with van der Waals surface area (Å²) in [5.41, 5.74) is 1.72. The first-order valence-electron chi connectivity index (χ1n) is 10.2. The number of rotatable bonds is 15. The molecule has 5 nitrogen and oxygen atoms in total. The largest absolute Gasteiger partial charge is 0.480 e. The summed E-state index contributed by atoms with van der Waals surface area (Å²) in [6.07, 6.45) is 2.42. The van der Waals surface area contributed by atoms with Gasteiger partial charge in [0.25, 0.3) is 0 Å². The summed E-state index contributed by atoms with van der Waals surface area (Å²) in [4.78, 5) is 18.1. The highest BCUT2D eigenvalue weighted by molar-refractivity contribution is 7.99. The first-order chi connectivity index (χ1) is 14.1. The molecule has 1 aromatic carbocycles. The van der Waals surface area contributed by atoms with E-state index in [1.807, 2.05) is 41.7 Å². The molecular weight excluding hydrogens is 404 g/mol. The van der Waals surface area contributed by atoms with Crippen LogP contribution in [0.4, 0.5) is 0 Å². The molecule has 160 valence electrons. The zero-order chi connectivity index (χ0) is 20.9. The van der Waals surface area contributed by atoms with E-state index in [0.717, 1.165) is 47.7 Å². The van der Waals surface area contributed by atoms with Gasteiger partial charge in [-0.15, -0.1) is 0 Å². The number of benzene rings is 1. The van der Waals surface area contributed by atoms with E-state index in [-0.39, 0.29) is 6.61 Å². The summed E-state index contributed by atoms with van der Waals surface area (Å²) in [7, 11) is 0. The van der Waals surface area contributed by atoms with E-state index in [9.17, 15) is 4.79 Å². The predicted octanol–water partition coefficient (Wildman–Crippen LogP) is 4.79. The molecule has 1 N–H and O–H groups in total. The van der Waals surface area contributed by atoms with E-state index in [0.29, 0.717) is 5.75 Å². The molecule has 0 fully saturated rings. The molecule has 0 spiro atoms. The molecule has 0 saturated heterocycles. The van der Waals surface area contributed by atoms with Crippen molar-refractivity contribution in [1.82, 2.24) is 9.88 Å². The minimum absolute atomic E-state index is 0.361. The fourth-order valence-corrected chi connectivity index (χ4v) is 4.64. The molecule has 1 aromatic heterocycles. The third kappa shape index (κ3) is 8.84. The summed E-state index contributed by atoms with van der Waals surface area (Å²) in [6, 6.07) is 9.72. The van der Waals surface area contributed by atoms with Crippen LogP contribution in [0, 0.1) is 0 Å². The van der Waals surface area contributed by atoms with Gasteiger partial charge >= 0.3 is 5.97 Å². The average Bonchev–Trinajstić information content (AvgIpc) is 2.72. The standard InChI is InChI=1S/C22H32N2O3S2/c1-3-12-28-14-10-24(11-15-29-13-4-2)16-19-9-8-18-6-5-7-20(22(18)23-19)27-17-21(25)26/h5-9H,3-4,10-17H2,1-2H3,(H,25,26). The summed E-state index contributed by atoms with van der Waals surface area (Å²) in [5.74, 6) is 4.21. The molecule has 0 amide bonds. The average molecular weight is 437 g/mol. The summed E-state index contributed by atoms with van der Waals surface area (Å²) in [6.45, 7) is 6.97. The number of carbonyl (C=O) groups is 1. The number of ether oxygens (including phenoxy) is 1. The number of aromatic nitrogens is 1. The van der Waals surface area contributed by atoms with E-state index in [2.05, 4.69) is 24.8 Å². The number of carboxylic acid groups (broad SMARTS) is 1. The van der Waals surface area contributed by atoms with E-state index in [1.165, 1.54) is 24.3 Å². The molecular formula is C22H32N2O3S2. The van der Waals surface area contributed by atoms with Crippen molar-refractivity contribution in [3.8, 4) is 5.75 Å². The van der Waals surface area contributed by atoms with Crippen molar-refractivity contribution < 1.29 is 14.6 Å². The lowest BCUT2D eigenvalue weighted by atomic mass is 10.2. The fourth-order valence-electron chi connectivity index (χ4n) is 2.88. The number of fused-ring (bicyclic) bond motifs is 1. The van der Waals surface area contributed by atoms with Crippen LogP contribution in [0.3, 0.4) is 0 Å². The van der Waals surface area contributed by atoms with Crippen LogP contribution in [0.2, 0.25) is 0 Å². The SMILES string of the molecule is CCCSCCN(CCSCCC)Cc1ccc2cccc(OCC(=O)O)c2n1. The Kier molecular flexibility index (Phi) is 11.3. The molecule has 0 saturated carbocycles. The third-order valence-corrected chi connectivity index (χ3v) is 6.61. The van der Waals surface area contributed by atoms with Crippen molar-refractivity contribution in [3.05, 3.63) is 36.0 Å². The highest BCUT2D eigenvalue weighted by atomic mass is 32.2. The summed E-state index contributed by atoms with van der Waals surface area (Å²) in [5, 5.41) is 9.86. The van der Waals surface area contributed by atoms with Crippen LogP contribution in [0.25, 0.3) is 10.9 Å². The number of nitrogens with zero attached hydrogens (tertiary/aromatic N) is 2. The lowest BCUT2D eigenvalue weighted by molar-refractivity contribution is -0.139. The smallest absolute Gasteiger partial charge is 0.341 e. The van der Waals surface area contributed by atoms with Gasteiger partial charge < -0.3 is 9.84 Å². The summed E-state index contributed by atoms with van der Waals surface area (Å²) >= 11 is 4.01. The second-order valence-electron chi connectivity index (χ2n) is 6.81. The first-order valence-corrected chi connectivity index (χ1v) is 12.6. The Balaban J connectivity index is 2.08. The number of hydrogen-bond donors (Lipinski definition) is 1. The molecule has 0 radical (unpaired) electrons. The van der Waals surface area contributed by atoms with Crippen molar-refractivity contribution in [2.45, 2.75) is 33.2 Å². The van der Waals surface area contributed by atoms with E-state index in [4.69, 9.17) is 14.8 Å². The van der Waals surface area contributed by atoms with E-state index >= 15 is 0 Å². The zero-order valence-corrected chi connectivity index (χ0v) is 19.1. The normalized spacial score (nSPS) is 11.3. The molecule has 0 aliphatic heterocycles. The zero-order valence-electron chi connectivity index (χ0n) is 17.4. The van der Waals surface area contributed by atoms with Gasteiger partial charge in [0.1, 0.15) is 11.3 Å². The number of pyridine rings is 1. The number of thioether (sulfide) groups is 2. The molecule has 0 atom stereocenters. The van der Waals surface area contributed by atoms with Crippen LogP contribution < -0.4 is 4.74 Å². The Morgan fingerprint density at radius 1 is 1.03 bits per heavy atom. The van der Waals surface area contributed by atoms with Gasteiger partial charge in [0, 0.05) is 36.5 Å². The third-order valence-electron chi connectivity index (χ3n) is 4.28. The van der Waals surface area contributed by atoms with Crippen molar-refractivity contribution in [2.75, 3.05) is 42.7 Å². The molecule has 0 aliphatic rings. The van der Waals surface area contributed by atoms with E-state index in [1.54, 1.807) is 6.07 Å². The van der Waals surface area contributed by atoms with Crippen LogP contribution in [0.15, 0.2) is 30.3 Å². The van der Waals surface area contributed by atoms with Crippen LogP contribution in [-0.2, 0) is 11.3 Å². The quantitative estimate of drug-likeness (QED) is 0.403. The Labute approximate surface area is 182 Å². The molecule has 2 rings (SSSR count). The molecule has 0 aliphatic carbocycles. The topological polar surface area (TPSA) is 62.7 Å². The van der Waals surface area contributed by atoms with Gasteiger partial charge in [0.15, 0.2) is 6.61 Å². The molecule has 0 bridgehead atoms. The van der Waals surface area contributed by atoms with Crippen molar-refractivity contribution in [3.63, 3.8) is 0 Å². The number of carboxylic acids is 1. The van der Waals surface area contributed by atoms with Crippen LogP contribution in [0.1, 0.15) is 32.4 Å². The maximum Gasteiger partial charge on any atom is 0.341 e. The maximum atomic E-state index is 10.9. The maximum absolute atomic E-state index is 10.9. The van der Waals surface area contributed by atoms with Gasteiger partial charge in [0.2, 0.25) is 0 Å². The lowest BCUT2D eigenvalue weighted by Gasteiger charge is -2.22. The minimum Gasteiger partial charge on any atom is -0.480 e. The van der Waals surface area contributed by atoms with Crippen LogP contribution in [0.5, 0.6) is 5.75 Å². The Bertz CT molecular complexity index is 746. The monoisotopic (exact) mass is 436 g/mol. The van der Waals surface area contributed by atoms with Crippen molar-refractivity contribution in [1.29, 1.82) is 0 Å². The lowest BCUT2D eigenvalue weighted by Crippen LogP contribution is -2.28. The molecule has 29 heavy (non-hydrogen) atoms. The summed E-state index contributed by atoms with van der Waals surface area (Å²) < 4.78 is 5.44. The van der Waals surface area contributed by atoms with Gasteiger partial charge in [-0.25, -0.2) is 9.78 Å². The molecule has 2 aromatic rings. The number of para-hydroxylation sites is 1. The molecule has 0 unspecified atom stereocenters. The van der Waals surface area contributed by atoms with Gasteiger partial charge in [-0.3, -0.25) is 4.90 Å². The van der Waals surface area contributed by atoms with Crippen LogP contribution >= 0.6 is 23.5 Å². The van der Waals surface area contributed by atoms with Gasteiger partial charge in [-0.1, -0.05) is 32.0 Å². The second-order valence-corrected chi connectivity index (χ2v) is 9.26.